The first-order valence-electron chi connectivity index (χ1n) is 4.93. The molecular formula is C11H11F5N2. The maximum absolute atomic E-state index is 13.4. The molecule has 0 amide bonds. The fourth-order valence-electron chi connectivity index (χ4n) is 1.44. The van der Waals surface area contributed by atoms with Crippen LogP contribution in [0.1, 0.15) is 25.5 Å². The van der Waals surface area contributed by atoms with E-state index in [-0.39, 0.29) is 0 Å². The fraction of sp³-hybridized carbons (Fsp3) is 0.273. The average Bonchev–Trinajstić information content (AvgIpc) is 2.32. The maximum atomic E-state index is 13.4. The smallest absolute Gasteiger partial charge is 0.200 e. The Hall–Kier alpha value is -1.47. The first kappa shape index (κ1) is 14.6. The standard InChI is InChI=1S/C11H11F5N2/c1-4(2)3-5(18-17)6-7(12)9(14)11(16)10(15)8(6)13/h3,5,18H,17H2,1-2H3. The van der Waals surface area contributed by atoms with Crippen molar-refractivity contribution in [1.29, 1.82) is 0 Å². The van der Waals surface area contributed by atoms with E-state index >= 15 is 0 Å². The molecule has 3 N–H and O–H groups in total. The number of hydrogen-bond donors (Lipinski definition) is 2. The van der Waals surface area contributed by atoms with E-state index in [0.717, 1.165) is 0 Å². The molecule has 0 saturated heterocycles. The monoisotopic (exact) mass is 266 g/mol. The Morgan fingerprint density at radius 3 is 1.67 bits per heavy atom. The minimum Gasteiger partial charge on any atom is -0.271 e. The highest BCUT2D eigenvalue weighted by atomic mass is 19.2. The molecule has 100 valence electrons. The van der Waals surface area contributed by atoms with Crippen LogP contribution in [0, 0.1) is 29.1 Å². The molecule has 1 aromatic rings. The van der Waals surface area contributed by atoms with Gasteiger partial charge in [0.25, 0.3) is 0 Å². The quantitative estimate of drug-likeness (QED) is 0.220. The summed E-state index contributed by atoms with van der Waals surface area (Å²) >= 11 is 0. The molecule has 1 unspecified atom stereocenters. The summed E-state index contributed by atoms with van der Waals surface area (Å²) in [6.45, 7) is 3.19. The van der Waals surface area contributed by atoms with Crippen LogP contribution in [0.4, 0.5) is 22.0 Å². The van der Waals surface area contributed by atoms with Crippen molar-refractivity contribution >= 4 is 0 Å². The first-order chi connectivity index (χ1) is 8.31. The van der Waals surface area contributed by atoms with Crippen LogP contribution >= 0.6 is 0 Å². The summed E-state index contributed by atoms with van der Waals surface area (Å²) in [5.74, 6) is -4.91. The summed E-state index contributed by atoms with van der Waals surface area (Å²) in [7, 11) is 0. The van der Waals surface area contributed by atoms with Gasteiger partial charge in [0.1, 0.15) is 0 Å². The topological polar surface area (TPSA) is 38.0 Å². The maximum Gasteiger partial charge on any atom is 0.200 e. The van der Waals surface area contributed by atoms with Gasteiger partial charge in [-0.3, -0.25) is 5.84 Å². The van der Waals surface area contributed by atoms with Gasteiger partial charge in [0.05, 0.1) is 11.6 Å². The van der Waals surface area contributed by atoms with Crippen LogP contribution in [0.25, 0.3) is 0 Å². The molecule has 0 heterocycles. The Bertz CT molecular complexity index is 466. The highest BCUT2D eigenvalue weighted by Crippen LogP contribution is 2.28. The minimum atomic E-state index is -2.19. The normalized spacial score (nSPS) is 12.4. The summed E-state index contributed by atoms with van der Waals surface area (Å²) in [5, 5.41) is 0. The Labute approximate surface area is 100 Å². The number of halogens is 5. The predicted octanol–water partition coefficient (Wildman–Crippen LogP) is 2.85. The van der Waals surface area contributed by atoms with Gasteiger partial charge in [-0.05, 0) is 13.8 Å². The van der Waals surface area contributed by atoms with E-state index in [1.54, 1.807) is 13.8 Å². The van der Waals surface area contributed by atoms with Crippen LogP contribution < -0.4 is 11.3 Å². The number of benzene rings is 1. The molecule has 1 aromatic carbocycles. The van der Waals surface area contributed by atoms with Gasteiger partial charge in [0.15, 0.2) is 23.3 Å². The Kier molecular flexibility index (Phi) is 4.42. The minimum absolute atomic E-state index is 0.599. The third kappa shape index (κ3) is 2.51. The number of rotatable bonds is 3. The average molecular weight is 266 g/mol. The van der Waals surface area contributed by atoms with Crippen molar-refractivity contribution in [3.63, 3.8) is 0 Å². The van der Waals surface area contributed by atoms with Gasteiger partial charge in [-0.1, -0.05) is 11.6 Å². The second kappa shape index (κ2) is 5.45. The molecule has 1 atom stereocenters. The van der Waals surface area contributed by atoms with Gasteiger partial charge in [0, 0.05) is 0 Å². The predicted molar refractivity (Wildman–Crippen MR) is 55.7 cm³/mol. The molecule has 2 nitrogen and oxygen atoms in total. The zero-order valence-electron chi connectivity index (χ0n) is 9.62. The summed E-state index contributed by atoms with van der Waals surface area (Å²) in [4.78, 5) is 0. The van der Waals surface area contributed by atoms with Crippen molar-refractivity contribution in [3.05, 3.63) is 46.3 Å². The van der Waals surface area contributed by atoms with E-state index in [4.69, 9.17) is 5.84 Å². The SMILES string of the molecule is CC(C)=CC(NN)c1c(F)c(F)c(F)c(F)c1F. The molecule has 0 aliphatic carbocycles. The van der Waals surface area contributed by atoms with Gasteiger partial charge in [-0.25, -0.2) is 27.4 Å². The third-order valence-electron chi connectivity index (χ3n) is 2.23. The molecule has 0 bridgehead atoms. The van der Waals surface area contributed by atoms with Crippen LogP contribution in [0.5, 0.6) is 0 Å². The van der Waals surface area contributed by atoms with Crippen LogP contribution in [0.15, 0.2) is 11.6 Å². The van der Waals surface area contributed by atoms with Gasteiger partial charge in [-0.15, -0.1) is 0 Å². The number of nitrogens with two attached hydrogens (primary N) is 1. The third-order valence-corrected chi connectivity index (χ3v) is 2.23. The molecule has 0 aliphatic rings. The van der Waals surface area contributed by atoms with E-state index in [2.05, 4.69) is 0 Å². The van der Waals surface area contributed by atoms with Crippen LogP contribution in [0.3, 0.4) is 0 Å². The second-order valence-corrected chi connectivity index (χ2v) is 3.87. The molecular weight excluding hydrogens is 255 g/mol. The Balaban J connectivity index is 3.54. The molecule has 7 heteroatoms. The summed E-state index contributed by atoms with van der Waals surface area (Å²) in [5.41, 5.74) is 1.59. The van der Waals surface area contributed by atoms with Gasteiger partial charge in [-0.2, -0.15) is 0 Å². The van der Waals surface area contributed by atoms with Crippen LogP contribution in [-0.4, -0.2) is 0 Å². The Morgan fingerprint density at radius 1 is 0.944 bits per heavy atom. The molecule has 0 spiro atoms. The lowest BCUT2D eigenvalue weighted by Crippen LogP contribution is -2.29. The van der Waals surface area contributed by atoms with E-state index in [1.165, 1.54) is 6.08 Å². The highest BCUT2D eigenvalue weighted by molar-refractivity contribution is 5.30. The molecule has 1 rings (SSSR count). The molecule has 0 saturated carbocycles. The first-order valence-corrected chi connectivity index (χ1v) is 4.93. The van der Waals surface area contributed by atoms with Gasteiger partial charge >= 0.3 is 0 Å². The van der Waals surface area contributed by atoms with E-state index in [9.17, 15) is 22.0 Å². The van der Waals surface area contributed by atoms with Gasteiger partial charge < -0.3 is 0 Å². The Morgan fingerprint density at radius 2 is 1.33 bits per heavy atom. The highest BCUT2D eigenvalue weighted by Gasteiger charge is 2.29. The van der Waals surface area contributed by atoms with Gasteiger partial charge in [0.2, 0.25) is 5.82 Å². The van der Waals surface area contributed by atoms with Crippen LogP contribution in [-0.2, 0) is 0 Å². The zero-order chi connectivity index (χ0) is 14.0. The molecule has 18 heavy (non-hydrogen) atoms. The van der Waals surface area contributed by atoms with E-state index in [0.29, 0.717) is 5.57 Å². The van der Waals surface area contributed by atoms with Crippen molar-refractivity contribution < 1.29 is 22.0 Å². The summed E-state index contributed by atoms with van der Waals surface area (Å²) in [6.07, 6.45) is 1.25. The second-order valence-electron chi connectivity index (χ2n) is 3.87. The van der Waals surface area contributed by atoms with Crippen LogP contribution in [0.2, 0.25) is 0 Å². The number of hydrogen-bond acceptors (Lipinski definition) is 2. The lowest BCUT2D eigenvalue weighted by Gasteiger charge is -2.16. The number of nitrogens with one attached hydrogen (secondary N) is 1. The fourth-order valence-corrected chi connectivity index (χ4v) is 1.44. The van der Waals surface area contributed by atoms with Crippen molar-refractivity contribution in [2.75, 3.05) is 0 Å². The van der Waals surface area contributed by atoms with Crippen molar-refractivity contribution in [2.24, 2.45) is 5.84 Å². The largest absolute Gasteiger partial charge is 0.271 e. The number of allylic oxidation sites excluding steroid dienone is 1. The lowest BCUT2D eigenvalue weighted by atomic mass is 10.0. The summed E-state index contributed by atoms with van der Waals surface area (Å²) < 4.78 is 65.7. The molecule has 0 fully saturated rings. The van der Waals surface area contributed by atoms with E-state index in [1.807, 2.05) is 5.43 Å². The molecule has 0 radical (unpaired) electrons. The van der Waals surface area contributed by atoms with Crippen molar-refractivity contribution in [3.8, 4) is 0 Å². The molecule has 0 aliphatic heterocycles. The van der Waals surface area contributed by atoms with Crippen molar-refractivity contribution in [1.82, 2.24) is 5.43 Å². The summed E-state index contributed by atoms with van der Waals surface area (Å²) in [6, 6.07) is -1.31. The van der Waals surface area contributed by atoms with Crippen molar-refractivity contribution in [2.45, 2.75) is 19.9 Å². The van der Waals surface area contributed by atoms with E-state index < -0.39 is 40.7 Å². The molecule has 0 aromatic heterocycles. The zero-order valence-corrected chi connectivity index (χ0v) is 9.62. The lowest BCUT2D eigenvalue weighted by molar-refractivity contribution is 0.363. The number of hydrazine groups is 1.